The first-order valence-electron chi connectivity index (χ1n) is 10.5. The third kappa shape index (κ3) is 4.86. The van der Waals surface area contributed by atoms with Crippen LogP contribution >= 0.6 is 12.4 Å². The molecule has 3 fully saturated rings. The molecule has 2 amide bonds. The summed E-state index contributed by atoms with van der Waals surface area (Å²) in [4.78, 5) is 27.2. The Morgan fingerprint density at radius 3 is 2.48 bits per heavy atom. The standard InChI is InChI=1S/C22H31N3O3.ClH/c1-28-19-7-5-14(6-8-19)12-25-13-17(11-20(25)26)22(27)24-21-15-3-2-4-16(21)10-18(23)9-15;/h5-8,15-18,21H,2-4,9-13,23H2,1H3,(H,24,27);1H. The molecule has 2 saturated carbocycles. The Bertz CT molecular complexity index is 713. The highest BCUT2D eigenvalue weighted by molar-refractivity contribution is 5.89. The Kier molecular flexibility index (Phi) is 7.06. The molecule has 0 spiro atoms. The molecule has 0 radical (unpaired) electrons. The summed E-state index contributed by atoms with van der Waals surface area (Å²) >= 11 is 0. The van der Waals surface area contributed by atoms with Gasteiger partial charge in [-0.15, -0.1) is 12.4 Å². The minimum absolute atomic E-state index is 0. The maximum atomic E-state index is 12.9. The summed E-state index contributed by atoms with van der Waals surface area (Å²) in [6.45, 7) is 1.04. The lowest BCUT2D eigenvalue weighted by molar-refractivity contribution is -0.130. The fourth-order valence-corrected chi connectivity index (χ4v) is 5.36. The summed E-state index contributed by atoms with van der Waals surface area (Å²) in [5, 5.41) is 3.31. The molecule has 3 N–H and O–H groups in total. The van der Waals surface area contributed by atoms with Gasteiger partial charge in [-0.25, -0.2) is 0 Å². The van der Waals surface area contributed by atoms with Crippen molar-refractivity contribution in [1.82, 2.24) is 10.2 Å². The van der Waals surface area contributed by atoms with Gasteiger partial charge >= 0.3 is 0 Å². The highest BCUT2D eigenvalue weighted by Crippen LogP contribution is 2.40. The molecule has 3 unspecified atom stereocenters. The minimum Gasteiger partial charge on any atom is -0.497 e. The van der Waals surface area contributed by atoms with Gasteiger partial charge in [0.25, 0.3) is 0 Å². The van der Waals surface area contributed by atoms with Gasteiger partial charge in [-0.2, -0.15) is 0 Å². The SMILES string of the molecule is COc1ccc(CN2CC(C(=O)NC3C4CCCC3CC(N)C4)CC2=O)cc1.Cl. The molecule has 160 valence electrons. The number of nitrogens with zero attached hydrogens (tertiary/aromatic N) is 1. The molecule has 29 heavy (non-hydrogen) atoms. The molecular weight excluding hydrogens is 390 g/mol. The third-order valence-corrected chi connectivity index (χ3v) is 6.80. The number of likely N-dealkylation sites (tertiary alicyclic amines) is 1. The van der Waals surface area contributed by atoms with Crippen LogP contribution in [0.3, 0.4) is 0 Å². The first-order valence-corrected chi connectivity index (χ1v) is 10.5. The van der Waals surface area contributed by atoms with E-state index in [-0.39, 0.29) is 42.2 Å². The quantitative estimate of drug-likeness (QED) is 0.764. The van der Waals surface area contributed by atoms with E-state index in [9.17, 15) is 9.59 Å². The van der Waals surface area contributed by atoms with Crippen molar-refractivity contribution in [3.63, 3.8) is 0 Å². The zero-order valence-electron chi connectivity index (χ0n) is 17.0. The van der Waals surface area contributed by atoms with E-state index in [1.54, 1.807) is 12.0 Å². The molecule has 1 aromatic carbocycles. The maximum Gasteiger partial charge on any atom is 0.225 e. The largest absolute Gasteiger partial charge is 0.497 e. The molecule has 6 nitrogen and oxygen atoms in total. The van der Waals surface area contributed by atoms with Crippen LogP contribution in [0.15, 0.2) is 24.3 Å². The van der Waals surface area contributed by atoms with Crippen molar-refractivity contribution >= 4 is 24.2 Å². The summed E-state index contributed by atoms with van der Waals surface area (Å²) in [7, 11) is 1.64. The van der Waals surface area contributed by atoms with Crippen LogP contribution in [-0.4, -0.2) is 42.5 Å². The molecule has 3 atom stereocenters. The Hall–Kier alpha value is -1.79. The van der Waals surface area contributed by atoms with Crippen LogP contribution in [0.2, 0.25) is 0 Å². The van der Waals surface area contributed by atoms with Gasteiger partial charge in [0, 0.05) is 31.6 Å². The van der Waals surface area contributed by atoms with Gasteiger partial charge in [-0.1, -0.05) is 18.6 Å². The molecule has 1 aromatic rings. The molecule has 1 aliphatic heterocycles. The number of nitrogens with one attached hydrogen (secondary N) is 1. The smallest absolute Gasteiger partial charge is 0.225 e. The predicted molar refractivity (Wildman–Crippen MR) is 114 cm³/mol. The molecule has 3 aliphatic rings. The van der Waals surface area contributed by atoms with Gasteiger partial charge in [0.05, 0.1) is 13.0 Å². The summed E-state index contributed by atoms with van der Waals surface area (Å²) in [6.07, 6.45) is 5.88. The van der Waals surface area contributed by atoms with Crippen LogP contribution in [0.25, 0.3) is 0 Å². The van der Waals surface area contributed by atoms with Crippen molar-refractivity contribution in [2.45, 2.75) is 57.2 Å². The molecule has 7 heteroatoms. The van der Waals surface area contributed by atoms with E-state index >= 15 is 0 Å². The van der Waals surface area contributed by atoms with Crippen LogP contribution in [0.1, 0.15) is 44.1 Å². The van der Waals surface area contributed by atoms with E-state index < -0.39 is 0 Å². The van der Waals surface area contributed by atoms with E-state index in [2.05, 4.69) is 5.32 Å². The number of hydrogen-bond donors (Lipinski definition) is 2. The summed E-state index contributed by atoms with van der Waals surface area (Å²) < 4.78 is 5.18. The van der Waals surface area contributed by atoms with Gasteiger partial charge < -0.3 is 20.7 Å². The molecule has 1 heterocycles. The van der Waals surface area contributed by atoms with Crippen molar-refractivity contribution in [1.29, 1.82) is 0 Å². The number of benzene rings is 1. The van der Waals surface area contributed by atoms with Crippen LogP contribution < -0.4 is 15.8 Å². The molecule has 4 rings (SSSR count). The molecular formula is C22H32ClN3O3. The number of hydrogen-bond acceptors (Lipinski definition) is 4. The summed E-state index contributed by atoms with van der Waals surface area (Å²) in [6, 6.07) is 8.24. The van der Waals surface area contributed by atoms with Crippen LogP contribution in [-0.2, 0) is 16.1 Å². The second-order valence-corrected chi connectivity index (χ2v) is 8.74. The minimum atomic E-state index is -0.248. The second kappa shape index (κ2) is 9.35. The zero-order chi connectivity index (χ0) is 19.7. The van der Waals surface area contributed by atoms with Crippen molar-refractivity contribution in [3.8, 4) is 5.75 Å². The summed E-state index contributed by atoms with van der Waals surface area (Å²) in [5.74, 6) is 1.65. The highest BCUT2D eigenvalue weighted by atomic mass is 35.5. The van der Waals surface area contributed by atoms with Crippen molar-refractivity contribution in [3.05, 3.63) is 29.8 Å². The van der Waals surface area contributed by atoms with E-state index in [1.165, 1.54) is 6.42 Å². The van der Waals surface area contributed by atoms with Gasteiger partial charge in [0.2, 0.25) is 11.8 Å². The fourth-order valence-electron chi connectivity index (χ4n) is 5.36. The van der Waals surface area contributed by atoms with Gasteiger partial charge in [-0.05, 0) is 55.2 Å². The first kappa shape index (κ1) is 21.9. The van der Waals surface area contributed by atoms with Crippen LogP contribution in [0, 0.1) is 17.8 Å². The Labute approximate surface area is 178 Å². The fraction of sp³-hybridized carbons (Fsp3) is 0.636. The number of carbonyl (C=O) groups excluding carboxylic acids is 2. The lowest BCUT2D eigenvalue weighted by Gasteiger charge is -2.45. The van der Waals surface area contributed by atoms with Crippen molar-refractivity contribution < 1.29 is 14.3 Å². The van der Waals surface area contributed by atoms with E-state index in [0.29, 0.717) is 31.3 Å². The Morgan fingerprint density at radius 2 is 1.86 bits per heavy atom. The number of methoxy groups -OCH3 is 1. The lowest BCUT2D eigenvalue weighted by atomic mass is 9.67. The molecule has 0 aromatic heterocycles. The van der Waals surface area contributed by atoms with Gasteiger partial charge in [0.1, 0.15) is 5.75 Å². The topological polar surface area (TPSA) is 84.7 Å². The highest BCUT2D eigenvalue weighted by Gasteiger charge is 2.42. The number of amides is 2. The maximum absolute atomic E-state index is 12.9. The number of carbonyl (C=O) groups is 2. The van der Waals surface area contributed by atoms with E-state index in [1.807, 2.05) is 24.3 Å². The number of halogens is 1. The van der Waals surface area contributed by atoms with Crippen LogP contribution in [0.5, 0.6) is 5.75 Å². The summed E-state index contributed by atoms with van der Waals surface area (Å²) in [5.41, 5.74) is 7.24. The Morgan fingerprint density at radius 1 is 1.21 bits per heavy atom. The third-order valence-electron chi connectivity index (χ3n) is 6.80. The average Bonchev–Trinajstić information content (AvgIpc) is 3.04. The average molecular weight is 422 g/mol. The van der Waals surface area contributed by atoms with Crippen LogP contribution in [0.4, 0.5) is 0 Å². The Balaban J connectivity index is 0.00000240. The molecule has 1 saturated heterocycles. The van der Waals surface area contributed by atoms with E-state index in [4.69, 9.17) is 10.5 Å². The molecule has 2 bridgehead atoms. The van der Waals surface area contributed by atoms with Crippen molar-refractivity contribution in [2.75, 3.05) is 13.7 Å². The van der Waals surface area contributed by atoms with Gasteiger partial charge in [-0.3, -0.25) is 9.59 Å². The monoisotopic (exact) mass is 421 g/mol. The second-order valence-electron chi connectivity index (χ2n) is 8.74. The zero-order valence-corrected chi connectivity index (χ0v) is 17.8. The first-order chi connectivity index (χ1) is 13.5. The number of rotatable bonds is 5. The van der Waals surface area contributed by atoms with Gasteiger partial charge in [0.15, 0.2) is 0 Å². The lowest BCUT2D eigenvalue weighted by Crippen LogP contribution is -2.54. The predicted octanol–water partition coefficient (Wildman–Crippen LogP) is 2.49. The van der Waals surface area contributed by atoms with E-state index in [0.717, 1.165) is 37.0 Å². The van der Waals surface area contributed by atoms with Crippen molar-refractivity contribution in [2.24, 2.45) is 23.5 Å². The number of nitrogens with two attached hydrogens (primary N) is 1. The number of ether oxygens (including phenoxy) is 1. The normalized spacial score (nSPS) is 31.2. The molecule has 2 aliphatic carbocycles. The number of fused-ring (bicyclic) bond motifs is 2.